The van der Waals surface area contributed by atoms with Gasteiger partial charge in [-0.3, -0.25) is 0 Å². The molecule has 0 spiro atoms. The molecule has 18 heavy (non-hydrogen) atoms. The lowest BCUT2D eigenvalue weighted by Crippen LogP contribution is -2.42. The molecule has 0 aromatic rings. The minimum Gasteiger partial charge on any atom is -0.383 e. The van der Waals surface area contributed by atoms with Gasteiger partial charge in [0, 0.05) is 26.2 Å². The van der Waals surface area contributed by atoms with Gasteiger partial charge >= 0.3 is 0 Å². The Morgan fingerprint density at radius 3 is 2.39 bits per heavy atom. The van der Waals surface area contributed by atoms with Crippen molar-refractivity contribution >= 4 is 0 Å². The average Bonchev–Trinajstić information content (AvgIpc) is 2.29. The summed E-state index contributed by atoms with van der Waals surface area (Å²) in [6.07, 6.45) is 2.72. The molecular weight excluding hydrogens is 224 g/mol. The van der Waals surface area contributed by atoms with Gasteiger partial charge in [0.1, 0.15) is 0 Å². The smallest absolute Gasteiger partial charge is 0.0613 e. The van der Waals surface area contributed by atoms with Gasteiger partial charge in [0.15, 0.2) is 0 Å². The Bertz CT molecular complexity index is 217. The molecule has 0 saturated carbocycles. The number of ether oxygens (including phenoxy) is 1. The molecule has 1 heterocycles. The second kappa shape index (κ2) is 7.46. The van der Waals surface area contributed by atoms with Crippen LogP contribution in [0.5, 0.6) is 0 Å². The van der Waals surface area contributed by atoms with Crippen LogP contribution in [0, 0.1) is 11.3 Å². The lowest BCUT2D eigenvalue weighted by Gasteiger charge is -2.38. The number of hydrogen-bond donors (Lipinski definition) is 1. The average molecular weight is 256 g/mol. The molecule has 3 heteroatoms. The SMILES string of the molecule is COCC(C)NCCN1CCC(C(C)(C)C)CC1. The number of rotatable bonds is 6. The molecule has 0 radical (unpaired) electrons. The predicted octanol–water partition coefficient (Wildman–Crippen LogP) is 2.37. The summed E-state index contributed by atoms with van der Waals surface area (Å²) in [5.74, 6) is 0.897. The van der Waals surface area contributed by atoms with Crippen molar-refractivity contribution in [3.63, 3.8) is 0 Å². The summed E-state index contributed by atoms with van der Waals surface area (Å²) in [6.45, 7) is 14.9. The van der Waals surface area contributed by atoms with Crippen LogP contribution in [0.1, 0.15) is 40.5 Å². The minimum atomic E-state index is 0.460. The van der Waals surface area contributed by atoms with E-state index in [1.54, 1.807) is 7.11 Å². The highest BCUT2D eigenvalue weighted by atomic mass is 16.5. The van der Waals surface area contributed by atoms with Gasteiger partial charge in [-0.1, -0.05) is 20.8 Å². The molecule has 0 aromatic carbocycles. The summed E-state index contributed by atoms with van der Waals surface area (Å²) < 4.78 is 5.12. The van der Waals surface area contributed by atoms with Crippen LogP contribution < -0.4 is 5.32 Å². The number of methoxy groups -OCH3 is 1. The van der Waals surface area contributed by atoms with Crippen molar-refractivity contribution in [3.05, 3.63) is 0 Å². The first-order valence-corrected chi connectivity index (χ1v) is 7.38. The second-order valence-electron chi connectivity index (χ2n) is 6.79. The molecule has 0 aromatic heterocycles. The molecule has 1 N–H and O–H groups in total. The molecule has 1 unspecified atom stereocenters. The Kier molecular flexibility index (Phi) is 6.61. The van der Waals surface area contributed by atoms with Crippen LogP contribution in [-0.4, -0.2) is 50.8 Å². The highest BCUT2D eigenvalue weighted by Crippen LogP contribution is 2.33. The molecule has 1 atom stereocenters. The highest BCUT2D eigenvalue weighted by molar-refractivity contribution is 4.80. The van der Waals surface area contributed by atoms with Gasteiger partial charge < -0.3 is 15.0 Å². The third kappa shape index (κ3) is 5.68. The number of likely N-dealkylation sites (tertiary alicyclic amines) is 1. The van der Waals surface area contributed by atoms with Gasteiger partial charge in [0.05, 0.1) is 6.61 Å². The molecule has 1 rings (SSSR count). The first-order chi connectivity index (χ1) is 8.43. The topological polar surface area (TPSA) is 24.5 Å². The van der Waals surface area contributed by atoms with E-state index in [2.05, 4.69) is 37.9 Å². The van der Waals surface area contributed by atoms with Gasteiger partial charge in [-0.25, -0.2) is 0 Å². The van der Waals surface area contributed by atoms with Gasteiger partial charge in [-0.15, -0.1) is 0 Å². The fourth-order valence-electron chi connectivity index (χ4n) is 2.80. The van der Waals surface area contributed by atoms with E-state index in [4.69, 9.17) is 4.74 Å². The maximum absolute atomic E-state index is 5.12. The van der Waals surface area contributed by atoms with Gasteiger partial charge in [-0.05, 0) is 44.2 Å². The first-order valence-electron chi connectivity index (χ1n) is 7.38. The Balaban J connectivity index is 2.13. The van der Waals surface area contributed by atoms with Crippen LogP contribution in [0.15, 0.2) is 0 Å². The molecule has 1 aliphatic rings. The molecule has 1 aliphatic heterocycles. The van der Waals surface area contributed by atoms with Gasteiger partial charge in [-0.2, -0.15) is 0 Å². The zero-order valence-electron chi connectivity index (χ0n) is 13.0. The second-order valence-corrected chi connectivity index (χ2v) is 6.79. The Morgan fingerprint density at radius 2 is 1.89 bits per heavy atom. The molecular formula is C15H32N2O. The van der Waals surface area contributed by atoms with E-state index >= 15 is 0 Å². The lowest BCUT2D eigenvalue weighted by atomic mass is 9.75. The summed E-state index contributed by atoms with van der Waals surface area (Å²) in [4.78, 5) is 2.59. The molecule has 3 nitrogen and oxygen atoms in total. The standard InChI is InChI=1S/C15H32N2O/c1-13(12-18-5)16-8-11-17-9-6-14(7-10-17)15(2,3)4/h13-14,16H,6-12H2,1-5H3. The van der Waals surface area contributed by atoms with Crippen LogP contribution in [0.2, 0.25) is 0 Å². The maximum Gasteiger partial charge on any atom is 0.0613 e. The van der Waals surface area contributed by atoms with Crippen molar-refractivity contribution in [2.45, 2.75) is 46.6 Å². The van der Waals surface area contributed by atoms with Crippen molar-refractivity contribution in [2.24, 2.45) is 11.3 Å². The molecule has 0 bridgehead atoms. The Labute approximate surface area is 113 Å². The largest absolute Gasteiger partial charge is 0.383 e. The Hall–Kier alpha value is -0.120. The summed E-state index contributed by atoms with van der Waals surface area (Å²) in [5.41, 5.74) is 0.483. The van der Waals surface area contributed by atoms with Crippen molar-refractivity contribution in [1.29, 1.82) is 0 Å². The van der Waals surface area contributed by atoms with Gasteiger partial charge in [0.2, 0.25) is 0 Å². The van der Waals surface area contributed by atoms with Crippen molar-refractivity contribution in [3.8, 4) is 0 Å². The summed E-state index contributed by atoms with van der Waals surface area (Å²) in [6, 6.07) is 0.460. The van der Waals surface area contributed by atoms with Crippen molar-refractivity contribution < 1.29 is 4.74 Å². The summed E-state index contributed by atoms with van der Waals surface area (Å²) in [5, 5.41) is 3.51. The van der Waals surface area contributed by atoms with Crippen LogP contribution >= 0.6 is 0 Å². The molecule has 0 aliphatic carbocycles. The lowest BCUT2D eigenvalue weighted by molar-refractivity contribution is 0.110. The number of hydrogen-bond acceptors (Lipinski definition) is 3. The fraction of sp³-hybridized carbons (Fsp3) is 1.00. The number of nitrogens with zero attached hydrogens (tertiary/aromatic N) is 1. The third-order valence-corrected chi connectivity index (χ3v) is 4.15. The molecule has 0 amide bonds. The van der Waals surface area contributed by atoms with Gasteiger partial charge in [0.25, 0.3) is 0 Å². The zero-order valence-corrected chi connectivity index (χ0v) is 13.0. The van der Waals surface area contributed by atoms with E-state index in [-0.39, 0.29) is 0 Å². The van der Waals surface area contributed by atoms with E-state index in [1.165, 1.54) is 32.5 Å². The molecule has 1 fully saturated rings. The number of piperidine rings is 1. The highest BCUT2D eigenvalue weighted by Gasteiger charge is 2.28. The summed E-state index contributed by atoms with van der Waals surface area (Å²) in [7, 11) is 1.76. The van der Waals surface area contributed by atoms with E-state index in [1.807, 2.05) is 0 Å². The first kappa shape index (κ1) is 15.9. The third-order valence-electron chi connectivity index (χ3n) is 4.15. The fourth-order valence-corrected chi connectivity index (χ4v) is 2.80. The van der Waals surface area contributed by atoms with E-state index in [0.29, 0.717) is 11.5 Å². The molecule has 1 saturated heterocycles. The quantitative estimate of drug-likeness (QED) is 0.789. The van der Waals surface area contributed by atoms with E-state index in [9.17, 15) is 0 Å². The van der Waals surface area contributed by atoms with Crippen molar-refractivity contribution in [2.75, 3.05) is 39.9 Å². The zero-order chi connectivity index (χ0) is 13.6. The van der Waals surface area contributed by atoms with Crippen molar-refractivity contribution in [1.82, 2.24) is 10.2 Å². The van der Waals surface area contributed by atoms with Crippen LogP contribution in [0.25, 0.3) is 0 Å². The van der Waals surface area contributed by atoms with Crippen LogP contribution in [-0.2, 0) is 4.74 Å². The van der Waals surface area contributed by atoms with E-state index < -0.39 is 0 Å². The molecule has 108 valence electrons. The minimum absolute atomic E-state index is 0.460. The summed E-state index contributed by atoms with van der Waals surface area (Å²) >= 11 is 0. The van der Waals surface area contributed by atoms with E-state index in [0.717, 1.165) is 19.1 Å². The Morgan fingerprint density at radius 1 is 1.28 bits per heavy atom. The predicted molar refractivity (Wildman–Crippen MR) is 78.0 cm³/mol. The van der Waals surface area contributed by atoms with Crippen LogP contribution in [0.4, 0.5) is 0 Å². The number of nitrogens with one attached hydrogen (secondary N) is 1. The van der Waals surface area contributed by atoms with Crippen LogP contribution in [0.3, 0.4) is 0 Å². The monoisotopic (exact) mass is 256 g/mol. The maximum atomic E-state index is 5.12. The normalized spacial score (nSPS) is 21.2.